The number of nitrogens with one attached hydrogen (secondary N) is 4. The van der Waals surface area contributed by atoms with Crippen LogP contribution < -0.4 is 52.1 Å². The summed E-state index contributed by atoms with van der Waals surface area (Å²) >= 11 is 0. The maximum Gasteiger partial charge on any atom is 1.00 e. The van der Waals surface area contributed by atoms with Gasteiger partial charge < -0.3 is 9.97 Å². The second-order valence-electron chi connectivity index (χ2n) is 2.57. The van der Waals surface area contributed by atoms with Crippen LogP contribution in [-0.4, -0.2) is 19.9 Å². The van der Waals surface area contributed by atoms with Crippen molar-refractivity contribution in [3.63, 3.8) is 0 Å². The molecular formula is C6H4N4NaO4+. The van der Waals surface area contributed by atoms with Gasteiger partial charge in [-0.25, -0.2) is 9.59 Å². The molecular weight excluding hydrogens is 215 g/mol. The predicted molar refractivity (Wildman–Crippen MR) is 46.4 cm³/mol. The number of aromatic nitrogens is 4. The molecule has 4 N–H and O–H groups in total. The fourth-order valence-corrected chi connectivity index (χ4v) is 1.09. The average Bonchev–Trinajstić information content (AvgIpc) is 2.07. The molecule has 0 aliphatic rings. The summed E-state index contributed by atoms with van der Waals surface area (Å²) in [4.78, 5) is 51.7. The van der Waals surface area contributed by atoms with Gasteiger partial charge in [-0.2, -0.15) is 0 Å². The largest absolute Gasteiger partial charge is 1.00 e. The molecule has 2 rings (SSSR count). The second-order valence-corrected chi connectivity index (χ2v) is 2.57. The monoisotopic (exact) mass is 219 g/mol. The van der Waals surface area contributed by atoms with Crippen LogP contribution in [0.1, 0.15) is 0 Å². The van der Waals surface area contributed by atoms with E-state index < -0.39 is 22.5 Å². The number of rotatable bonds is 0. The van der Waals surface area contributed by atoms with Gasteiger partial charge in [-0.3, -0.25) is 19.6 Å². The van der Waals surface area contributed by atoms with E-state index in [0.717, 1.165) is 0 Å². The van der Waals surface area contributed by atoms with E-state index in [2.05, 4.69) is 9.97 Å². The molecule has 0 spiro atoms. The Bertz CT molecular complexity index is 657. The van der Waals surface area contributed by atoms with Crippen molar-refractivity contribution in [3.05, 3.63) is 41.7 Å². The van der Waals surface area contributed by atoms with E-state index in [4.69, 9.17) is 0 Å². The summed E-state index contributed by atoms with van der Waals surface area (Å²) in [5.41, 5.74) is -3.74. The molecule has 0 radical (unpaired) electrons. The molecule has 0 aliphatic heterocycles. The van der Waals surface area contributed by atoms with Gasteiger partial charge in [0.25, 0.3) is 11.1 Å². The zero-order chi connectivity index (χ0) is 10.3. The Labute approximate surface area is 102 Å². The van der Waals surface area contributed by atoms with Crippen molar-refractivity contribution < 1.29 is 29.6 Å². The van der Waals surface area contributed by atoms with Crippen molar-refractivity contribution in [2.75, 3.05) is 0 Å². The molecule has 2 aromatic rings. The zero-order valence-corrected chi connectivity index (χ0v) is 9.63. The summed E-state index contributed by atoms with van der Waals surface area (Å²) in [7, 11) is 0. The SMILES string of the molecule is O=c1[nH]c(=O)c2[nH]c(=O)[nH]c(=O)c2[nH]1.[Na+]. The van der Waals surface area contributed by atoms with Crippen LogP contribution in [-0.2, 0) is 0 Å². The molecule has 0 bridgehead atoms. The van der Waals surface area contributed by atoms with Crippen LogP contribution in [0.5, 0.6) is 0 Å². The van der Waals surface area contributed by atoms with E-state index in [9.17, 15) is 19.2 Å². The van der Waals surface area contributed by atoms with E-state index >= 15 is 0 Å². The van der Waals surface area contributed by atoms with Gasteiger partial charge in [0.1, 0.15) is 11.0 Å². The van der Waals surface area contributed by atoms with Gasteiger partial charge in [-0.05, 0) is 0 Å². The molecule has 0 aliphatic carbocycles. The molecule has 72 valence electrons. The number of hydrogen-bond donors (Lipinski definition) is 4. The summed E-state index contributed by atoms with van der Waals surface area (Å²) in [5.74, 6) is 0. The Morgan fingerprint density at radius 1 is 0.600 bits per heavy atom. The fourth-order valence-electron chi connectivity index (χ4n) is 1.09. The molecule has 0 atom stereocenters. The van der Waals surface area contributed by atoms with Crippen molar-refractivity contribution in [3.8, 4) is 0 Å². The Morgan fingerprint density at radius 2 is 0.933 bits per heavy atom. The second kappa shape index (κ2) is 4.01. The van der Waals surface area contributed by atoms with Crippen LogP contribution in [0.4, 0.5) is 0 Å². The predicted octanol–water partition coefficient (Wildman–Crippen LogP) is -5.40. The molecule has 0 aromatic carbocycles. The summed E-state index contributed by atoms with van der Waals surface area (Å²) in [6.45, 7) is 0. The molecule has 2 heterocycles. The first kappa shape index (κ1) is 11.7. The Kier molecular flexibility index (Phi) is 3.12. The minimum absolute atomic E-state index is 0. The van der Waals surface area contributed by atoms with Crippen LogP contribution in [0.25, 0.3) is 11.0 Å². The zero-order valence-electron chi connectivity index (χ0n) is 7.63. The third kappa shape index (κ3) is 2.01. The summed E-state index contributed by atoms with van der Waals surface area (Å²) < 4.78 is 0. The molecule has 0 saturated carbocycles. The topological polar surface area (TPSA) is 131 Å². The smallest absolute Gasteiger partial charge is 0.301 e. The van der Waals surface area contributed by atoms with E-state index in [0.29, 0.717) is 0 Å². The molecule has 0 saturated heterocycles. The van der Waals surface area contributed by atoms with Crippen molar-refractivity contribution in [2.24, 2.45) is 0 Å². The summed E-state index contributed by atoms with van der Waals surface area (Å²) in [6, 6.07) is 0. The number of hydrogen-bond acceptors (Lipinski definition) is 4. The van der Waals surface area contributed by atoms with Gasteiger partial charge in [0, 0.05) is 0 Å². The summed E-state index contributed by atoms with van der Waals surface area (Å²) in [5, 5.41) is 0. The minimum atomic E-state index is -0.813. The van der Waals surface area contributed by atoms with E-state index in [1.54, 1.807) is 0 Å². The Balaban J connectivity index is 0.00000112. The van der Waals surface area contributed by atoms with E-state index in [1.165, 1.54) is 0 Å². The number of H-pyrrole nitrogens is 4. The van der Waals surface area contributed by atoms with Gasteiger partial charge in [0.2, 0.25) is 0 Å². The van der Waals surface area contributed by atoms with Crippen LogP contribution in [0.3, 0.4) is 0 Å². The van der Waals surface area contributed by atoms with Crippen LogP contribution in [0, 0.1) is 0 Å². The van der Waals surface area contributed by atoms with Gasteiger partial charge in [0.05, 0.1) is 0 Å². The van der Waals surface area contributed by atoms with Crippen LogP contribution in [0.15, 0.2) is 19.2 Å². The molecule has 0 amide bonds. The van der Waals surface area contributed by atoms with E-state index in [-0.39, 0.29) is 40.6 Å². The molecule has 2 aromatic heterocycles. The van der Waals surface area contributed by atoms with Gasteiger partial charge in [0.15, 0.2) is 0 Å². The van der Waals surface area contributed by atoms with Crippen molar-refractivity contribution in [2.45, 2.75) is 0 Å². The molecule has 15 heavy (non-hydrogen) atoms. The summed E-state index contributed by atoms with van der Waals surface area (Å²) in [6.07, 6.45) is 0. The maximum absolute atomic E-state index is 11.1. The van der Waals surface area contributed by atoms with Crippen molar-refractivity contribution in [1.29, 1.82) is 0 Å². The quantitative estimate of drug-likeness (QED) is 0.329. The Morgan fingerprint density at radius 3 is 1.27 bits per heavy atom. The third-order valence-electron chi connectivity index (χ3n) is 1.64. The molecule has 0 unspecified atom stereocenters. The van der Waals surface area contributed by atoms with Crippen LogP contribution >= 0.6 is 0 Å². The van der Waals surface area contributed by atoms with Crippen LogP contribution in [0.2, 0.25) is 0 Å². The molecule has 8 nitrogen and oxygen atoms in total. The molecule has 9 heteroatoms. The standard InChI is InChI=1S/C6H4N4O4.Na/c11-3-1-2(8-6(14)9-3)4(12)10-5(13)7-1;/h(H2,7,10,12,13)(H2,8,9,11,14);/q;+1. The number of fused-ring (bicyclic) bond motifs is 1. The van der Waals surface area contributed by atoms with Gasteiger partial charge in [-0.15, -0.1) is 0 Å². The number of aromatic amines is 4. The van der Waals surface area contributed by atoms with Gasteiger partial charge >= 0.3 is 40.9 Å². The first-order chi connectivity index (χ1) is 6.58. The average molecular weight is 219 g/mol. The minimum Gasteiger partial charge on any atom is -0.301 e. The maximum atomic E-state index is 11.1. The Hall–Kier alpha value is -1.38. The first-order valence-corrected chi connectivity index (χ1v) is 3.57. The third-order valence-corrected chi connectivity index (χ3v) is 1.64. The van der Waals surface area contributed by atoms with Crippen molar-refractivity contribution >= 4 is 11.0 Å². The van der Waals surface area contributed by atoms with Crippen molar-refractivity contribution in [1.82, 2.24) is 19.9 Å². The first-order valence-electron chi connectivity index (χ1n) is 3.57. The normalized spacial score (nSPS) is 9.87. The molecule has 0 fully saturated rings. The fraction of sp³-hybridized carbons (Fsp3) is 0. The van der Waals surface area contributed by atoms with Gasteiger partial charge in [-0.1, -0.05) is 0 Å². The van der Waals surface area contributed by atoms with E-state index in [1.807, 2.05) is 9.97 Å².